The van der Waals surface area contributed by atoms with Gasteiger partial charge in [0.25, 0.3) is 0 Å². The Morgan fingerprint density at radius 2 is 1.83 bits per heavy atom. The number of rotatable bonds is 12. The minimum Gasteiger partial charge on any atom is -0.492 e. The number of likely N-dealkylation sites (N-methyl/N-ethyl adjacent to an activating group) is 1. The molecule has 0 saturated heterocycles. The van der Waals surface area contributed by atoms with E-state index in [9.17, 15) is 14.0 Å². The maximum atomic E-state index is 15.0. The molecule has 0 aliphatic heterocycles. The van der Waals surface area contributed by atoms with Crippen LogP contribution in [0.5, 0.6) is 5.75 Å². The van der Waals surface area contributed by atoms with Crippen LogP contribution in [-0.2, 0) is 9.59 Å². The number of halogens is 1. The summed E-state index contributed by atoms with van der Waals surface area (Å²) in [6.07, 6.45) is 4.81. The zero-order chi connectivity index (χ0) is 25.9. The molecular formula is C27H34FN5O3. The Kier molecular flexibility index (Phi) is 10.00. The van der Waals surface area contributed by atoms with Gasteiger partial charge in [-0.05, 0) is 68.3 Å². The van der Waals surface area contributed by atoms with Crippen molar-refractivity contribution >= 4 is 41.8 Å². The summed E-state index contributed by atoms with van der Waals surface area (Å²) in [5, 5.41) is 12.3. The minimum absolute atomic E-state index is 0.226. The highest BCUT2D eigenvalue weighted by Gasteiger charge is 2.18. The van der Waals surface area contributed by atoms with E-state index in [2.05, 4.69) is 32.8 Å². The van der Waals surface area contributed by atoms with Gasteiger partial charge in [0.2, 0.25) is 11.8 Å². The SMILES string of the molecule is C=c1cc(OCCNC)cc(F)/c1=C(/N=C\C)Nc1ccc(NC(=O)CC(=O)NCC2CCC2)cc1. The van der Waals surface area contributed by atoms with Crippen molar-refractivity contribution in [3.8, 4) is 5.75 Å². The Bertz CT molecular complexity index is 1190. The summed E-state index contributed by atoms with van der Waals surface area (Å²) in [6, 6.07) is 9.83. The lowest BCUT2D eigenvalue weighted by atomic mass is 9.85. The molecular weight excluding hydrogens is 461 g/mol. The second-order valence-corrected chi connectivity index (χ2v) is 8.66. The van der Waals surface area contributed by atoms with Crippen molar-refractivity contribution in [3.05, 3.63) is 52.7 Å². The third kappa shape index (κ3) is 7.91. The third-order valence-electron chi connectivity index (χ3n) is 5.83. The van der Waals surface area contributed by atoms with E-state index in [4.69, 9.17) is 4.74 Å². The quantitative estimate of drug-likeness (QED) is 0.206. The summed E-state index contributed by atoms with van der Waals surface area (Å²) in [4.78, 5) is 28.4. The van der Waals surface area contributed by atoms with Crippen molar-refractivity contribution in [2.24, 2.45) is 10.9 Å². The van der Waals surface area contributed by atoms with Gasteiger partial charge >= 0.3 is 0 Å². The van der Waals surface area contributed by atoms with Crippen LogP contribution in [-0.4, -0.2) is 44.8 Å². The Labute approximate surface area is 210 Å². The maximum absolute atomic E-state index is 15.0. The fourth-order valence-corrected chi connectivity index (χ4v) is 3.69. The first-order chi connectivity index (χ1) is 17.4. The molecule has 2 aromatic rings. The van der Waals surface area contributed by atoms with Crippen molar-refractivity contribution in [1.29, 1.82) is 0 Å². The van der Waals surface area contributed by atoms with Crippen LogP contribution < -0.4 is 36.4 Å². The molecule has 192 valence electrons. The Morgan fingerprint density at radius 1 is 1.14 bits per heavy atom. The molecule has 2 amide bonds. The Balaban J connectivity index is 1.65. The summed E-state index contributed by atoms with van der Waals surface area (Å²) >= 11 is 0. The zero-order valence-corrected chi connectivity index (χ0v) is 20.8. The van der Waals surface area contributed by atoms with Crippen molar-refractivity contribution in [1.82, 2.24) is 10.6 Å². The minimum atomic E-state index is -0.505. The number of ether oxygens (including phenoxy) is 1. The van der Waals surface area contributed by atoms with Gasteiger partial charge in [0, 0.05) is 36.7 Å². The molecule has 8 nitrogen and oxygen atoms in total. The number of anilines is 2. The van der Waals surface area contributed by atoms with Gasteiger partial charge in [-0.2, -0.15) is 0 Å². The van der Waals surface area contributed by atoms with E-state index in [1.54, 1.807) is 43.5 Å². The molecule has 3 rings (SSSR count). The Morgan fingerprint density at radius 3 is 2.42 bits per heavy atom. The molecule has 9 heteroatoms. The molecule has 0 aromatic heterocycles. The van der Waals surface area contributed by atoms with Gasteiger partial charge in [0.15, 0.2) is 0 Å². The molecule has 4 N–H and O–H groups in total. The first-order valence-electron chi connectivity index (χ1n) is 12.1. The highest BCUT2D eigenvalue weighted by molar-refractivity contribution is 6.03. The second kappa shape index (κ2) is 13.4. The zero-order valence-electron chi connectivity index (χ0n) is 20.8. The van der Waals surface area contributed by atoms with E-state index in [-0.39, 0.29) is 23.5 Å². The van der Waals surface area contributed by atoms with Crippen molar-refractivity contribution in [3.63, 3.8) is 0 Å². The summed E-state index contributed by atoms with van der Waals surface area (Å²) in [6.45, 7) is 7.38. The number of nitrogens with zero attached hydrogens (tertiary/aromatic N) is 1. The lowest BCUT2D eigenvalue weighted by Crippen LogP contribution is -2.34. The van der Waals surface area contributed by atoms with Crippen LogP contribution in [0, 0.1) is 11.7 Å². The molecule has 0 unspecified atom stereocenters. The van der Waals surface area contributed by atoms with Crippen LogP contribution in [0.1, 0.15) is 32.6 Å². The molecule has 0 heterocycles. The number of amides is 2. The molecule has 2 aromatic carbocycles. The number of benzene rings is 2. The van der Waals surface area contributed by atoms with Gasteiger partial charge in [-0.3, -0.25) is 9.59 Å². The fraction of sp³-hybridized carbons (Fsp3) is 0.370. The van der Waals surface area contributed by atoms with Gasteiger partial charge < -0.3 is 26.0 Å². The third-order valence-corrected chi connectivity index (χ3v) is 5.83. The van der Waals surface area contributed by atoms with Crippen molar-refractivity contribution < 1.29 is 18.7 Å². The average Bonchev–Trinajstić information content (AvgIpc) is 2.79. The molecule has 0 radical (unpaired) electrons. The average molecular weight is 496 g/mol. The van der Waals surface area contributed by atoms with Crippen LogP contribution in [0.3, 0.4) is 0 Å². The molecule has 36 heavy (non-hydrogen) atoms. The number of carbonyl (C=O) groups is 2. The maximum Gasteiger partial charge on any atom is 0.233 e. The van der Waals surface area contributed by atoms with Crippen LogP contribution >= 0.6 is 0 Å². The summed E-state index contributed by atoms with van der Waals surface area (Å²) in [7, 11) is 1.81. The second-order valence-electron chi connectivity index (χ2n) is 8.66. The van der Waals surface area contributed by atoms with E-state index < -0.39 is 5.82 Å². The first-order valence-corrected chi connectivity index (χ1v) is 12.1. The van der Waals surface area contributed by atoms with E-state index in [0.29, 0.717) is 53.8 Å². The smallest absolute Gasteiger partial charge is 0.233 e. The van der Waals surface area contributed by atoms with Crippen molar-refractivity contribution in [2.45, 2.75) is 32.6 Å². The van der Waals surface area contributed by atoms with Gasteiger partial charge in [-0.25, -0.2) is 9.38 Å². The largest absolute Gasteiger partial charge is 0.492 e. The first kappa shape index (κ1) is 26.9. The van der Waals surface area contributed by atoms with Crippen LogP contribution in [0.15, 0.2) is 41.4 Å². The number of hydrogen-bond donors (Lipinski definition) is 4. The van der Waals surface area contributed by atoms with E-state index >= 15 is 0 Å². The molecule has 1 saturated carbocycles. The number of aliphatic imine (C=N–C) groups is 1. The predicted molar refractivity (Wildman–Crippen MR) is 142 cm³/mol. The molecule has 0 spiro atoms. The van der Waals surface area contributed by atoms with Gasteiger partial charge in [0.1, 0.15) is 30.4 Å². The van der Waals surface area contributed by atoms with E-state index in [0.717, 1.165) is 12.8 Å². The lowest BCUT2D eigenvalue weighted by molar-refractivity contribution is -0.127. The van der Waals surface area contributed by atoms with Crippen molar-refractivity contribution in [2.75, 3.05) is 37.4 Å². The lowest BCUT2D eigenvalue weighted by Gasteiger charge is -2.25. The monoisotopic (exact) mass is 495 g/mol. The highest BCUT2D eigenvalue weighted by Crippen LogP contribution is 2.25. The van der Waals surface area contributed by atoms with Crippen LogP contribution in [0.4, 0.5) is 15.8 Å². The molecule has 1 aliphatic carbocycles. The molecule has 1 aliphatic rings. The fourth-order valence-electron chi connectivity index (χ4n) is 3.69. The van der Waals surface area contributed by atoms with Gasteiger partial charge in [-0.15, -0.1) is 0 Å². The van der Waals surface area contributed by atoms with Gasteiger partial charge in [-0.1, -0.05) is 13.0 Å². The number of nitrogens with one attached hydrogen (secondary N) is 4. The van der Waals surface area contributed by atoms with Crippen LogP contribution in [0.2, 0.25) is 0 Å². The van der Waals surface area contributed by atoms with E-state index in [1.807, 2.05) is 7.05 Å². The summed E-state index contributed by atoms with van der Waals surface area (Å²) < 4.78 is 20.5. The summed E-state index contributed by atoms with van der Waals surface area (Å²) in [5.41, 5.74) is 1.19. The summed E-state index contributed by atoms with van der Waals surface area (Å²) in [5.74, 6) is 0.0621. The molecule has 1 fully saturated rings. The van der Waals surface area contributed by atoms with Gasteiger partial charge in [0.05, 0.1) is 5.22 Å². The number of carbonyl (C=O) groups excluding carboxylic acids is 2. The standard InChI is InChI=1S/C27H34FN5O3/c1-4-30-27(26-18(2)14-22(15-23(26)28)36-13-12-29-3)33-21-10-8-20(9-11-21)32-25(35)16-24(34)31-17-19-6-5-7-19/h4,8-11,14-15,19,29,33H,2,5-7,12-13,16-17H2,1,3H3,(H,31,34)(H,32,35)/b27-26-,30-4-. The number of hydrogen-bond acceptors (Lipinski definition) is 6. The normalized spacial score (nSPS) is 14.2. The predicted octanol–water partition coefficient (Wildman–Crippen LogP) is 2.35. The molecule has 0 bridgehead atoms. The highest BCUT2D eigenvalue weighted by atomic mass is 19.1. The van der Waals surface area contributed by atoms with E-state index in [1.165, 1.54) is 12.5 Å². The van der Waals surface area contributed by atoms with Crippen LogP contribution in [0.25, 0.3) is 12.4 Å². The Hall–Kier alpha value is -3.72. The molecule has 0 atom stereocenters. The topological polar surface area (TPSA) is 104 Å².